The molecule has 1 aliphatic rings. The highest BCUT2D eigenvalue weighted by Crippen LogP contribution is 2.11. The van der Waals surface area contributed by atoms with Crippen LogP contribution in [-0.4, -0.2) is 36.6 Å². The Morgan fingerprint density at radius 1 is 1.57 bits per heavy atom. The highest BCUT2D eigenvalue weighted by Gasteiger charge is 2.21. The quantitative estimate of drug-likeness (QED) is 0.461. The minimum absolute atomic E-state index is 0.0236. The van der Waals surface area contributed by atoms with Gasteiger partial charge < -0.3 is 9.64 Å². The number of quaternary nitrogens is 1. The SMILES string of the molecule is CC(I)C(=O)OCC1CC[NH+](C)CC1. The lowest BCUT2D eigenvalue weighted by Gasteiger charge is -2.26. The van der Waals surface area contributed by atoms with Crippen LogP contribution < -0.4 is 4.90 Å². The van der Waals surface area contributed by atoms with Gasteiger partial charge in [0.1, 0.15) is 3.92 Å². The molecule has 0 bridgehead atoms. The van der Waals surface area contributed by atoms with Crippen LogP contribution in [0.25, 0.3) is 0 Å². The number of hydrogen-bond donors (Lipinski definition) is 1. The Morgan fingerprint density at radius 3 is 2.64 bits per heavy atom. The van der Waals surface area contributed by atoms with E-state index in [4.69, 9.17) is 4.74 Å². The van der Waals surface area contributed by atoms with Crippen LogP contribution in [-0.2, 0) is 9.53 Å². The molecule has 3 nitrogen and oxygen atoms in total. The van der Waals surface area contributed by atoms with Crippen molar-refractivity contribution in [2.45, 2.75) is 23.7 Å². The molecule has 0 radical (unpaired) electrons. The molecule has 1 aliphatic heterocycles. The number of rotatable bonds is 3. The van der Waals surface area contributed by atoms with E-state index in [-0.39, 0.29) is 9.89 Å². The molecular weight excluding hydrogens is 293 g/mol. The molecule has 1 atom stereocenters. The van der Waals surface area contributed by atoms with Crippen molar-refractivity contribution < 1.29 is 14.4 Å². The van der Waals surface area contributed by atoms with Gasteiger partial charge in [0, 0.05) is 18.8 Å². The second kappa shape index (κ2) is 5.90. The molecule has 1 unspecified atom stereocenters. The van der Waals surface area contributed by atoms with Gasteiger partial charge in [-0.2, -0.15) is 0 Å². The highest BCUT2D eigenvalue weighted by molar-refractivity contribution is 14.1. The number of likely N-dealkylation sites (tertiary alicyclic amines) is 1. The first-order chi connectivity index (χ1) is 6.59. The molecule has 1 saturated heterocycles. The van der Waals surface area contributed by atoms with E-state index >= 15 is 0 Å². The van der Waals surface area contributed by atoms with Gasteiger partial charge in [0.25, 0.3) is 0 Å². The van der Waals surface area contributed by atoms with Gasteiger partial charge in [0.05, 0.1) is 26.7 Å². The molecule has 0 spiro atoms. The van der Waals surface area contributed by atoms with Crippen molar-refractivity contribution in [3.8, 4) is 0 Å². The predicted octanol–water partition coefficient (Wildman–Crippen LogP) is 0.278. The maximum Gasteiger partial charge on any atom is 0.318 e. The van der Waals surface area contributed by atoms with Gasteiger partial charge in [-0.1, -0.05) is 22.6 Å². The van der Waals surface area contributed by atoms with E-state index in [1.54, 1.807) is 4.90 Å². The smallest absolute Gasteiger partial charge is 0.318 e. The second-order valence-corrected chi connectivity index (χ2v) is 6.01. The van der Waals surface area contributed by atoms with Crippen LogP contribution in [0.5, 0.6) is 0 Å². The van der Waals surface area contributed by atoms with Gasteiger partial charge in [0.15, 0.2) is 0 Å². The van der Waals surface area contributed by atoms with Gasteiger partial charge in [0.2, 0.25) is 0 Å². The summed E-state index contributed by atoms with van der Waals surface area (Å²) in [4.78, 5) is 12.8. The fourth-order valence-electron chi connectivity index (χ4n) is 1.65. The molecule has 0 aromatic rings. The number of carbonyl (C=O) groups is 1. The third-order valence-corrected chi connectivity index (χ3v) is 3.25. The van der Waals surface area contributed by atoms with Crippen molar-refractivity contribution in [1.29, 1.82) is 0 Å². The fraction of sp³-hybridized carbons (Fsp3) is 0.900. The van der Waals surface area contributed by atoms with Crippen LogP contribution in [0.4, 0.5) is 0 Å². The molecule has 1 rings (SSSR count). The monoisotopic (exact) mass is 312 g/mol. The molecule has 82 valence electrons. The average Bonchev–Trinajstić information content (AvgIpc) is 2.16. The Balaban J connectivity index is 2.16. The first kappa shape index (κ1) is 12.2. The number of alkyl halides is 1. The van der Waals surface area contributed by atoms with Crippen LogP contribution in [0.3, 0.4) is 0 Å². The van der Waals surface area contributed by atoms with Gasteiger partial charge in [-0.15, -0.1) is 0 Å². The Kier molecular flexibility index (Phi) is 5.15. The molecule has 0 aliphatic carbocycles. The number of hydrogen-bond acceptors (Lipinski definition) is 2. The molecule has 4 heteroatoms. The van der Waals surface area contributed by atoms with Crippen molar-refractivity contribution in [3.05, 3.63) is 0 Å². The van der Waals surface area contributed by atoms with E-state index in [2.05, 4.69) is 29.6 Å². The summed E-state index contributed by atoms with van der Waals surface area (Å²) in [5, 5.41) is 0. The molecule has 1 fully saturated rings. The molecule has 0 aromatic heterocycles. The molecular formula is C10H19INO2+. The third kappa shape index (κ3) is 4.13. The number of piperidine rings is 1. The van der Waals surface area contributed by atoms with Crippen molar-refractivity contribution in [3.63, 3.8) is 0 Å². The largest absolute Gasteiger partial charge is 0.465 e. The molecule has 14 heavy (non-hydrogen) atoms. The van der Waals surface area contributed by atoms with Crippen LogP contribution in [0.2, 0.25) is 0 Å². The average molecular weight is 312 g/mol. The van der Waals surface area contributed by atoms with E-state index < -0.39 is 0 Å². The van der Waals surface area contributed by atoms with Crippen LogP contribution in [0.15, 0.2) is 0 Å². The summed E-state index contributed by atoms with van der Waals surface area (Å²) >= 11 is 2.09. The van der Waals surface area contributed by atoms with Gasteiger partial charge in [-0.3, -0.25) is 4.79 Å². The lowest BCUT2D eigenvalue weighted by atomic mass is 9.98. The maximum atomic E-state index is 11.2. The molecule has 1 heterocycles. The van der Waals surface area contributed by atoms with E-state index in [1.807, 2.05) is 6.92 Å². The summed E-state index contributed by atoms with van der Waals surface area (Å²) < 4.78 is 5.20. The van der Waals surface area contributed by atoms with E-state index in [0.717, 1.165) is 0 Å². The van der Waals surface area contributed by atoms with Crippen LogP contribution in [0, 0.1) is 5.92 Å². The lowest BCUT2D eigenvalue weighted by Crippen LogP contribution is -3.10. The maximum absolute atomic E-state index is 11.2. The zero-order valence-corrected chi connectivity index (χ0v) is 11.0. The van der Waals surface area contributed by atoms with Gasteiger partial charge in [-0.25, -0.2) is 0 Å². The number of halogens is 1. The first-order valence-corrected chi connectivity index (χ1v) is 6.46. The topological polar surface area (TPSA) is 30.7 Å². The Hall–Kier alpha value is 0.160. The van der Waals surface area contributed by atoms with E-state index in [9.17, 15) is 4.79 Å². The molecule has 1 N–H and O–H groups in total. The summed E-state index contributed by atoms with van der Waals surface area (Å²) in [6, 6.07) is 0. The van der Waals surface area contributed by atoms with Crippen LogP contribution >= 0.6 is 22.6 Å². The standard InChI is InChI=1S/C10H18INO2/c1-8(11)10(13)14-7-9-3-5-12(2)6-4-9/h8-9H,3-7H2,1-2H3/p+1. The van der Waals surface area contributed by atoms with Crippen molar-refractivity contribution >= 4 is 28.6 Å². The summed E-state index contributed by atoms with van der Waals surface area (Å²) in [6.45, 7) is 4.91. The molecule has 0 amide bonds. The molecule has 0 aromatic carbocycles. The predicted molar refractivity (Wildman–Crippen MR) is 63.8 cm³/mol. The number of carbonyl (C=O) groups excluding carboxylic acids is 1. The van der Waals surface area contributed by atoms with Crippen molar-refractivity contribution in [2.75, 3.05) is 26.7 Å². The lowest BCUT2D eigenvalue weighted by molar-refractivity contribution is -0.886. The first-order valence-electron chi connectivity index (χ1n) is 5.21. The summed E-state index contributed by atoms with van der Waals surface area (Å²) in [5.41, 5.74) is 0. The zero-order valence-electron chi connectivity index (χ0n) is 8.88. The molecule has 0 saturated carbocycles. The second-order valence-electron chi connectivity index (χ2n) is 4.15. The third-order valence-electron chi connectivity index (χ3n) is 2.74. The fourth-order valence-corrected chi connectivity index (χ4v) is 1.83. The Labute approximate surface area is 99.3 Å². The highest BCUT2D eigenvalue weighted by atomic mass is 127. The summed E-state index contributed by atoms with van der Waals surface area (Å²) in [7, 11) is 2.22. The summed E-state index contributed by atoms with van der Waals surface area (Å²) in [5.74, 6) is 0.523. The van der Waals surface area contributed by atoms with Gasteiger partial charge >= 0.3 is 5.97 Å². The normalized spacial score (nSPS) is 29.6. The zero-order chi connectivity index (χ0) is 10.6. The number of esters is 1. The minimum Gasteiger partial charge on any atom is -0.465 e. The Bertz CT molecular complexity index is 189. The number of ether oxygens (including phenoxy) is 1. The van der Waals surface area contributed by atoms with E-state index in [0.29, 0.717) is 12.5 Å². The van der Waals surface area contributed by atoms with Crippen LogP contribution in [0.1, 0.15) is 19.8 Å². The van der Waals surface area contributed by atoms with Crippen molar-refractivity contribution in [1.82, 2.24) is 0 Å². The summed E-state index contributed by atoms with van der Waals surface area (Å²) in [6.07, 6.45) is 2.38. The van der Waals surface area contributed by atoms with Crippen molar-refractivity contribution in [2.24, 2.45) is 5.92 Å². The number of nitrogens with one attached hydrogen (secondary N) is 1. The Morgan fingerprint density at radius 2 is 2.14 bits per heavy atom. The minimum atomic E-state index is -0.0723. The van der Waals surface area contributed by atoms with E-state index in [1.165, 1.54) is 25.9 Å². The van der Waals surface area contributed by atoms with Gasteiger partial charge in [-0.05, 0) is 6.92 Å².